The van der Waals surface area contributed by atoms with Gasteiger partial charge in [0.2, 0.25) is 5.91 Å². The third-order valence-electron chi connectivity index (χ3n) is 4.98. The number of nitrogens with one attached hydrogen (secondary N) is 1. The van der Waals surface area contributed by atoms with Crippen molar-refractivity contribution in [3.8, 4) is 0 Å². The van der Waals surface area contributed by atoms with Crippen molar-refractivity contribution in [2.45, 2.75) is 45.1 Å². The summed E-state index contributed by atoms with van der Waals surface area (Å²) in [5, 5.41) is 2.99. The van der Waals surface area contributed by atoms with Gasteiger partial charge in [0.15, 0.2) is 0 Å². The molecule has 0 aromatic heterocycles. The minimum atomic E-state index is -0.0206. The van der Waals surface area contributed by atoms with Gasteiger partial charge in [-0.05, 0) is 42.5 Å². The van der Waals surface area contributed by atoms with E-state index in [2.05, 4.69) is 5.32 Å². The summed E-state index contributed by atoms with van der Waals surface area (Å²) in [7, 11) is 3.46. The molecular formula is C19H30ClN3O2. The van der Waals surface area contributed by atoms with E-state index in [4.69, 9.17) is 5.73 Å². The van der Waals surface area contributed by atoms with Crippen LogP contribution in [0.2, 0.25) is 0 Å². The van der Waals surface area contributed by atoms with Gasteiger partial charge in [0.05, 0.1) is 0 Å². The Labute approximate surface area is 156 Å². The first-order chi connectivity index (χ1) is 11.5. The predicted molar refractivity (Wildman–Crippen MR) is 103 cm³/mol. The van der Waals surface area contributed by atoms with Gasteiger partial charge in [-0.2, -0.15) is 0 Å². The molecule has 0 aliphatic heterocycles. The minimum Gasteiger partial charge on any atom is -0.352 e. The summed E-state index contributed by atoms with van der Waals surface area (Å²) in [5.41, 5.74) is 7.58. The lowest BCUT2D eigenvalue weighted by atomic mass is 9.71. The van der Waals surface area contributed by atoms with Crippen molar-refractivity contribution >= 4 is 24.2 Å². The number of carbonyl (C=O) groups excluding carboxylic acids is 2. The fourth-order valence-electron chi connectivity index (χ4n) is 3.38. The second-order valence-corrected chi connectivity index (χ2v) is 7.11. The zero-order valence-corrected chi connectivity index (χ0v) is 16.0. The molecule has 1 aromatic rings. The van der Waals surface area contributed by atoms with Gasteiger partial charge < -0.3 is 16.0 Å². The Morgan fingerprint density at radius 3 is 2.24 bits per heavy atom. The second-order valence-electron chi connectivity index (χ2n) is 7.11. The van der Waals surface area contributed by atoms with Crippen LogP contribution in [0.15, 0.2) is 24.3 Å². The first-order valence-corrected chi connectivity index (χ1v) is 8.73. The van der Waals surface area contributed by atoms with Gasteiger partial charge in [-0.1, -0.05) is 31.4 Å². The van der Waals surface area contributed by atoms with Crippen LogP contribution >= 0.6 is 12.4 Å². The van der Waals surface area contributed by atoms with Crippen molar-refractivity contribution in [2.75, 3.05) is 20.6 Å². The lowest BCUT2D eigenvalue weighted by Crippen LogP contribution is -2.38. The van der Waals surface area contributed by atoms with Crippen LogP contribution in [-0.2, 0) is 11.3 Å². The third kappa shape index (κ3) is 6.01. The summed E-state index contributed by atoms with van der Waals surface area (Å²) < 4.78 is 0. The lowest BCUT2D eigenvalue weighted by molar-refractivity contribution is -0.124. The molecule has 0 heterocycles. The maximum absolute atomic E-state index is 12.3. The van der Waals surface area contributed by atoms with Crippen molar-refractivity contribution in [2.24, 2.45) is 11.1 Å². The average molecular weight is 368 g/mol. The Morgan fingerprint density at radius 1 is 1.12 bits per heavy atom. The summed E-state index contributed by atoms with van der Waals surface area (Å²) in [5.74, 6) is 0.0450. The molecule has 1 aliphatic carbocycles. The van der Waals surface area contributed by atoms with Gasteiger partial charge >= 0.3 is 0 Å². The highest BCUT2D eigenvalue weighted by atomic mass is 35.5. The highest BCUT2D eigenvalue weighted by Gasteiger charge is 2.32. The van der Waals surface area contributed by atoms with Crippen molar-refractivity contribution in [1.82, 2.24) is 10.2 Å². The number of hydrogen-bond acceptors (Lipinski definition) is 3. The molecule has 0 saturated heterocycles. The number of benzene rings is 1. The molecule has 1 fully saturated rings. The zero-order valence-electron chi connectivity index (χ0n) is 15.2. The summed E-state index contributed by atoms with van der Waals surface area (Å²) in [4.78, 5) is 25.7. The van der Waals surface area contributed by atoms with Crippen LogP contribution in [0.5, 0.6) is 0 Å². The van der Waals surface area contributed by atoms with E-state index in [1.165, 1.54) is 19.3 Å². The van der Waals surface area contributed by atoms with Crippen molar-refractivity contribution in [3.63, 3.8) is 0 Å². The highest BCUT2D eigenvalue weighted by molar-refractivity contribution is 5.93. The van der Waals surface area contributed by atoms with Crippen LogP contribution in [0.3, 0.4) is 0 Å². The van der Waals surface area contributed by atoms with E-state index in [1.807, 2.05) is 12.1 Å². The number of amides is 2. The molecule has 0 unspecified atom stereocenters. The molecule has 1 saturated carbocycles. The second kappa shape index (κ2) is 9.78. The van der Waals surface area contributed by atoms with E-state index in [0.717, 1.165) is 18.4 Å². The van der Waals surface area contributed by atoms with Crippen LogP contribution in [0.1, 0.15) is 54.4 Å². The van der Waals surface area contributed by atoms with Gasteiger partial charge in [-0.3, -0.25) is 9.59 Å². The molecule has 0 spiro atoms. The van der Waals surface area contributed by atoms with E-state index in [0.29, 0.717) is 25.1 Å². The van der Waals surface area contributed by atoms with Crippen molar-refractivity contribution in [1.29, 1.82) is 0 Å². The number of carbonyl (C=O) groups is 2. The monoisotopic (exact) mass is 367 g/mol. The summed E-state index contributed by atoms with van der Waals surface area (Å²) in [6, 6.07) is 7.37. The smallest absolute Gasteiger partial charge is 0.253 e. The van der Waals surface area contributed by atoms with Crippen LogP contribution in [-0.4, -0.2) is 37.4 Å². The van der Waals surface area contributed by atoms with E-state index in [9.17, 15) is 9.59 Å². The van der Waals surface area contributed by atoms with Crippen LogP contribution < -0.4 is 11.1 Å². The van der Waals surface area contributed by atoms with E-state index in [-0.39, 0.29) is 29.6 Å². The van der Waals surface area contributed by atoms with Gasteiger partial charge in [0, 0.05) is 32.6 Å². The lowest BCUT2D eigenvalue weighted by Gasteiger charge is -2.35. The number of rotatable bonds is 6. The SMILES string of the molecule is CN(C)C(=O)c1ccc(CNC(=O)CC2(CN)CCCCC2)cc1.Cl. The number of nitrogens with zero attached hydrogens (tertiary/aromatic N) is 1. The zero-order chi connectivity index (χ0) is 17.6. The molecule has 2 amide bonds. The Kier molecular flexibility index (Phi) is 8.39. The number of nitrogens with two attached hydrogens (primary N) is 1. The fraction of sp³-hybridized carbons (Fsp3) is 0.579. The largest absolute Gasteiger partial charge is 0.352 e. The van der Waals surface area contributed by atoms with Gasteiger partial charge in [-0.25, -0.2) is 0 Å². The third-order valence-corrected chi connectivity index (χ3v) is 4.98. The Hall–Kier alpha value is -1.59. The molecule has 0 radical (unpaired) electrons. The maximum atomic E-state index is 12.3. The van der Waals surface area contributed by atoms with Gasteiger partial charge in [-0.15, -0.1) is 12.4 Å². The summed E-state index contributed by atoms with van der Waals surface area (Å²) in [6.45, 7) is 1.07. The van der Waals surface area contributed by atoms with E-state index < -0.39 is 0 Å². The van der Waals surface area contributed by atoms with Crippen molar-refractivity contribution < 1.29 is 9.59 Å². The summed E-state index contributed by atoms with van der Waals surface area (Å²) in [6.07, 6.45) is 6.22. The van der Waals surface area contributed by atoms with Crippen LogP contribution in [0.25, 0.3) is 0 Å². The molecule has 2 rings (SSSR count). The minimum absolute atomic E-state index is 0. The number of halogens is 1. The quantitative estimate of drug-likeness (QED) is 0.811. The fourth-order valence-corrected chi connectivity index (χ4v) is 3.38. The van der Waals surface area contributed by atoms with Crippen molar-refractivity contribution in [3.05, 3.63) is 35.4 Å². The van der Waals surface area contributed by atoms with E-state index >= 15 is 0 Å². The molecule has 140 valence electrons. The molecule has 6 heteroatoms. The molecule has 25 heavy (non-hydrogen) atoms. The van der Waals surface area contributed by atoms with Gasteiger partial charge in [0.1, 0.15) is 0 Å². The Balaban J connectivity index is 0.00000312. The first-order valence-electron chi connectivity index (χ1n) is 8.73. The molecule has 0 bridgehead atoms. The van der Waals surface area contributed by atoms with Crippen LogP contribution in [0, 0.1) is 5.41 Å². The standard InChI is InChI=1S/C19H29N3O2.ClH/c1-22(2)18(24)16-8-6-15(7-9-16)13-21-17(23)12-19(14-20)10-4-3-5-11-19;/h6-9H,3-5,10-14,20H2,1-2H3,(H,21,23);1H. The normalized spacial score (nSPS) is 15.8. The topological polar surface area (TPSA) is 75.4 Å². The van der Waals surface area contributed by atoms with E-state index in [1.54, 1.807) is 31.1 Å². The Bertz CT molecular complexity index is 567. The molecule has 1 aromatic carbocycles. The van der Waals surface area contributed by atoms with Crippen LogP contribution in [0.4, 0.5) is 0 Å². The molecule has 1 aliphatic rings. The predicted octanol–water partition coefficient (Wildman–Crippen LogP) is 2.73. The Morgan fingerprint density at radius 2 is 1.72 bits per heavy atom. The number of hydrogen-bond donors (Lipinski definition) is 2. The van der Waals surface area contributed by atoms with Gasteiger partial charge in [0.25, 0.3) is 5.91 Å². The molecule has 5 nitrogen and oxygen atoms in total. The molecule has 3 N–H and O–H groups in total. The molecular weight excluding hydrogens is 338 g/mol. The first kappa shape index (κ1) is 21.5. The molecule has 0 atom stereocenters. The maximum Gasteiger partial charge on any atom is 0.253 e. The average Bonchev–Trinajstić information content (AvgIpc) is 2.60. The summed E-state index contributed by atoms with van der Waals surface area (Å²) >= 11 is 0. The highest BCUT2D eigenvalue weighted by Crippen LogP contribution is 2.38.